The van der Waals surface area contributed by atoms with Gasteiger partial charge in [0.15, 0.2) is 0 Å². The van der Waals surface area contributed by atoms with Crippen LogP contribution in [0.4, 0.5) is 5.95 Å². The SMILES string of the molecule is COc1ccccc1CCNc1nc(C)cc(C(=O)NCCN(C)C)n1. The molecule has 2 N–H and O–H groups in total. The van der Waals surface area contributed by atoms with Crippen molar-refractivity contribution in [1.82, 2.24) is 20.2 Å². The van der Waals surface area contributed by atoms with Gasteiger partial charge in [-0.15, -0.1) is 0 Å². The van der Waals surface area contributed by atoms with E-state index in [4.69, 9.17) is 4.74 Å². The Balaban J connectivity index is 1.95. The number of aromatic nitrogens is 2. The van der Waals surface area contributed by atoms with E-state index in [2.05, 4.69) is 20.6 Å². The second kappa shape index (κ2) is 9.72. The maximum absolute atomic E-state index is 12.2. The molecule has 2 rings (SSSR count). The minimum atomic E-state index is -0.190. The highest BCUT2D eigenvalue weighted by atomic mass is 16.5. The smallest absolute Gasteiger partial charge is 0.270 e. The molecular formula is C19H27N5O2. The number of rotatable bonds is 9. The molecule has 0 bridgehead atoms. The number of ether oxygens (including phenoxy) is 1. The van der Waals surface area contributed by atoms with Gasteiger partial charge in [0.2, 0.25) is 5.95 Å². The minimum absolute atomic E-state index is 0.190. The summed E-state index contributed by atoms with van der Waals surface area (Å²) in [7, 11) is 5.59. The van der Waals surface area contributed by atoms with E-state index in [1.54, 1.807) is 13.2 Å². The van der Waals surface area contributed by atoms with Crippen LogP contribution in [0.2, 0.25) is 0 Å². The zero-order valence-electron chi connectivity index (χ0n) is 15.9. The summed E-state index contributed by atoms with van der Waals surface area (Å²) < 4.78 is 5.36. The summed E-state index contributed by atoms with van der Waals surface area (Å²) in [5.74, 6) is 1.13. The standard InChI is InChI=1S/C19H27N5O2/c1-14-13-16(18(25)20-11-12-24(2)3)23-19(22-14)21-10-9-15-7-5-6-8-17(15)26-4/h5-8,13H,9-12H2,1-4H3,(H,20,25)(H,21,22,23). The highest BCUT2D eigenvalue weighted by molar-refractivity contribution is 5.92. The molecular weight excluding hydrogens is 330 g/mol. The molecule has 2 aromatic rings. The summed E-state index contributed by atoms with van der Waals surface area (Å²) in [6, 6.07) is 9.59. The molecule has 1 amide bonds. The number of para-hydroxylation sites is 1. The van der Waals surface area contributed by atoms with Gasteiger partial charge in [-0.1, -0.05) is 18.2 Å². The predicted octanol–water partition coefficient (Wildman–Crippen LogP) is 1.74. The predicted molar refractivity (Wildman–Crippen MR) is 103 cm³/mol. The lowest BCUT2D eigenvalue weighted by molar-refractivity contribution is 0.0946. The summed E-state index contributed by atoms with van der Waals surface area (Å²) in [6.07, 6.45) is 0.770. The van der Waals surface area contributed by atoms with Crippen LogP contribution < -0.4 is 15.4 Å². The highest BCUT2D eigenvalue weighted by Crippen LogP contribution is 2.17. The summed E-state index contributed by atoms with van der Waals surface area (Å²) in [5, 5.41) is 6.06. The minimum Gasteiger partial charge on any atom is -0.496 e. The van der Waals surface area contributed by atoms with Crippen molar-refractivity contribution in [3.8, 4) is 5.75 Å². The first-order valence-electron chi connectivity index (χ1n) is 8.64. The lowest BCUT2D eigenvalue weighted by Crippen LogP contribution is -2.32. The average Bonchev–Trinajstić information content (AvgIpc) is 2.61. The van der Waals surface area contributed by atoms with Crippen molar-refractivity contribution in [2.45, 2.75) is 13.3 Å². The molecule has 0 radical (unpaired) electrons. The fraction of sp³-hybridized carbons (Fsp3) is 0.421. The number of benzene rings is 1. The quantitative estimate of drug-likeness (QED) is 0.712. The Kier molecular flexibility index (Phi) is 7.35. The van der Waals surface area contributed by atoms with E-state index in [9.17, 15) is 4.79 Å². The molecule has 0 spiro atoms. The van der Waals surface area contributed by atoms with Gasteiger partial charge in [0.25, 0.3) is 5.91 Å². The number of carbonyl (C=O) groups is 1. The van der Waals surface area contributed by atoms with Crippen LogP contribution >= 0.6 is 0 Å². The fourth-order valence-corrected chi connectivity index (χ4v) is 2.47. The van der Waals surface area contributed by atoms with Crippen LogP contribution in [0.5, 0.6) is 5.75 Å². The third-order valence-electron chi connectivity index (χ3n) is 3.80. The normalized spacial score (nSPS) is 10.7. The van der Waals surface area contributed by atoms with Gasteiger partial charge in [-0.2, -0.15) is 0 Å². The second-order valence-corrected chi connectivity index (χ2v) is 6.27. The van der Waals surface area contributed by atoms with E-state index in [0.717, 1.165) is 30.0 Å². The first kappa shape index (κ1) is 19.7. The van der Waals surface area contributed by atoms with Crippen molar-refractivity contribution in [3.05, 3.63) is 47.3 Å². The summed E-state index contributed by atoms with van der Waals surface area (Å²) >= 11 is 0. The fourth-order valence-electron chi connectivity index (χ4n) is 2.47. The third-order valence-corrected chi connectivity index (χ3v) is 3.80. The second-order valence-electron chi connectivity index (χ2n) is 6.27. The first-order chi connectivity index (χ1) is 12.5. The molecule has 140 valence electrons. The molecule has 1 aromatic heterocycles. The Morgan fingerprint density at radius 3 is 2.69 bits per heavy atom. The number of anilines is 1. The topological polar surface area (TPSA) is 79.4 Å². The van der Waals surface area contributed by atoms with Crippen molar-refractivity contribution in [2.24, 2.45) is 0 Å². The van der Waals surface area contributed by atoms with Gasteiger partial charge in [-0.05, 0) is 45.1 Å². The van der Waals surface area contributed by atoms with E-state index in [1.165, 1.54) is 0 Å². The Labute approximate surface area is 154 Å². The number of nitrogens with one attached hydrogen (secondary N) is 2. The summed E-state index contributed by atoms with van der Waals surface area (Å²) in [6.45, 7) is 3.85. The average molecular weight is 357 g/mol. The summed E-state index contributed by atoms with van der Waals surface area (Å²) in [5.41, 5.74) is 2.23. The van der Waals surface area contributed by atoms with Crippen molar-refractivity contribution < 1.29 is 9.53 Å². The van der Waals surface area contributed by atoms with E-state index < -0.39 is 0 Å². The van der Waals surface area contributed by atoms with Gasteiger partial charge in [0.1, 0.15) is 11.4 Å². The van der Waals surface area contributed by atoms with E-state index >= 15 is 0 Å². The number of methoxy groups -OCH3 is 1. The van der Waals surface area contributed by atoms with Crippen molar-refractivity contribution in [3.63, 3.8) is 0 Å². The number of likely N-dealkylation sites (N-methyl/N-ethyl adjacent to an activating group) is 1. The first-order valence-corrected chi connectivity index (χ1v) is 8.64. The van der Waals surface area contributed by atoms with Gasteiger partial charge in [0, 0.05) is 25.3 Å². The van der Waals surface area contributed by atoms with Gasteiger partial charge in [0.05, 0.1) is 7.11 Å². The Bertz CT molecular complexity index is 734. The summed E-state index contributed by atoms with van der Waals surface area (Å²) in [4.78, 5) is 22.9. The zero-order chi connectivity index (χ0) is 18.9. The molecule has 7 nitrogen and oxygen atoms in total. The monoisotopic (exact) mass is 357 g/mol. The highest BCUT2D eigenvalue weighted by Gasteiger charge is 2.10. The third kappa shape index (κ3) is 6.00. The molecule has 0 saturated carbocycles. The van der Waals surface area contributed by atoms with Crippen LogP contribution in [0.15, 0.2) is 30.3 Å². The maximum Gasteiger partial charge on any atom is 0.270 e. The van der Waals surface area contributed by atoms with Gasteiger partial charge < -0.3 is 20.3 Å². The number of carbonyl (C=O) groups excluding carboxylic acids is 1. The number of hydrogen-bond acceptors (Lipinski definition) is 6. The van der Waals surface area contributed by atoms with Crippen molar-refractivity contribution in [2.75, 3.05) is 46.2 Å². The lowest BCUT2D eigenvalue weighted by atomic mass is 10.1. The molecule has 1 aromatic carbocycles. The van der Waals surface area contributed by atoms with Gasteiger partial charge in [-0.25, -0.2) is 9.97 Å². The lowest BCUT2D eigenvalue weighted by Gasteiger charge is -2.12. The van der Waals surface area contributed by atoms with Crippen LogP contribution in [0, 0.1) is 6.92 Å². The molecule has 1 heterocycles. The van der Waals surface area contributed by atoms with Crippen LogP contribution in [0.1, 0.15) is 21.7 Å². The molecule has 26 heavy (non-hydrogen) atoms. The molecule has 0 aliphatic rings. The van der Waals surface area contributed by atoms with Crippen LogP contribution in [-0.2, 0) is 6.42 Å². The van der Waals surface area contributed by atoms with Crippen molar-refractivity contribution in [1.29, 1.82) is 0 Å². The van der Waals surface area contributed by atoms with Gasteiger partial charge >= 0.3 is 0 Å². The van der Waals surface area contributed by atoms with Crippen LogP contribution in [-0.4, -0.2) is 61.6 Å². The number of nitrogens with zero attached hydrogens (tertiary/aromatic N) is 3. The number of hydrogen-bond donors (Lipinski definition) is 2. The molecule has 0 saturated heterocycles. The molecule has 0 aliphatic heterocycles. The maximum atomic E-state index is 12.2. The van der Waals surface area contributed by atoms with E-state index in [0.29, 0.717) is 24.7 Å². The van der Waals surface area contributed by atoms with Crippen LogP contribution in [0.25, 0.3) is 0 Å². The molecule has 0 atom stereocenters. The molecule has 0 unspecified atom stereocenters. The number of amides is 1. The molecule has 7 heteroatoms. The zero-order valence-corrected chi connectivity index (χ0v) is 15.9. The Morgan fingerprint density at radius 1 is 1.19 bits per heavy atom. The largest absolute Gasteiger partial charge is 0.496 e. The molecule has 0 aliphatic carbocycles. The number of aryl methyl sites for hydroxylation is 1. The Hall–Kier alpha value is -2.67. The Morgan fingerprint density at radius 2 is 1.96 bits per heavy atom. The van der Waals surface area contributed by atoms with E-state index in [1.807, 2.05) is 50.2 Å². The van der Waals surface area contributed by atoms with Gasteiger partial charge in [-0.3, -0.25) is 4.79 Å². The van der Waals surface area contributed by atoms with Crippen molar-refractivity contribution >= 4 is 11.9 Å². The van der Waals surface area contributed by atoms with E-state index in [-0.39, 0.29) is 5.91 Å². The van der Waals surface area contributed by atoms with Crippen LogP contribution in [0.3, 0.4) is 0 Å². The molecule has 0 fully saturated rings.